The van der Waals surface area contributed by atoms with Gasteiger partial charge in [0.15, 0.2) is 0 Å². The molecule has 1 aromatic rings. The first-order valence-corrected chi connectivity index (χ1v) is 8.33. The van der Waals surface area contributed by atoms with Crippen LogP contribution < -0.4 is 10.6 Å². The third-order valence-electron chi connectivity index (χ3n) is 4.89. The lowest BCUT2D eigenvalue weighted by Crippen LogP contribution is -2.42. The van der Waals surface area contributed by atoms with Gasteiger partial charge < -0.3 is 10.6 Å². The number of anilines is 1. The highest BCUT2D eigenvalue weighted by Crippen LogP contribution is 2.39. The Morgan fingerprint density at radius 2 is 1.95 bits per heavy atom. The molecule has 0 aromatic heterocycles. The van der Waals surface area contributed by atoms with Crippen LogP contribution in [0.4, 0.5) is 5.69 Å². The van der Waals surface area contributed by atoms with Crippen LogP contribution in [0.25, 0.3) is 0 Å². The van der Waals surface area contributed by atoms with Gasteiger partial charge in [0.25, 0.3) is 0 Å². The lowest BCUT2D eigenvalue weighted by Gasteiger charge is -2.42. The molecule has 3 N–H and O–H groups in total. The van der Waals surface area contributed by atoms with Gasteiger partial charge in [0, 0.05) is 23.1 Å². The fourth-order valence-corrected chi connectivity index (χ4v) is 4.38. The van der Waals surface area contributed by atoms with Gasteiger partial charge in [0.2, 0.25) is 0 Å². The molecule has 1 heterocycles. The number of hydrogen-bond acceptors (Lipinski definition) is 2. The molecule has 4 heteroatoms. The maximum Gasteiger partial charge on any atom is 0.122 e. The number of rotatable bonds is 2. The lowest BCUT2D eigenvalue weighted by atomic mass is 9.75. The van der Waals surface area contributed by atoms with E-state index in [1.165, 1.54) is 44.3 Å². The highest BCUT2D eigenvalue weighted by molar-refractivity contribution is 9.10. The molecule has 1 aliphatic heterocycles. The van der Waals surface area contributed by atoms with Crippen LogP contribution in [0, 0.1) is 17.2 Å². The van der Waals surface area contributed by atoms with Crippen molar-refractivity contribution in [3.63, 3.8) is 0 Å². The van der Waals surface area contributed by atoms with Crippen molar-refractivity contribution >= 4 is 27.5 Å². The number of fused-ring (bicyclic) bond motifs is 1. The van der Waals surface area contributed by atoms with Gasteiger partial charge in [0.1, 0.15) is 5.84 Å². The van der Waals surface area contributed by atoms with Crippen LogP contribution in [0.5, 0.6) is 0 Å². The van der Waals surface area contributed by atoms with Crippen molar-refractivity contribution in [1.29, 1.82) is 5.41 Å². The minimum absolute atomic E-state index is 0.128. The Balaban J connectivity index is 1.78. The number of piperidine rings is 1. The van der Waals surface area contributed by atoms with Crippen LogP contribution in [0.1, 0.15) is 37.7 Å². The molecule has 0 spiro atoms. The van der Waals surface area contributed by atoms with E-state index in [9.17, 15) is 0 Å². The summed E-state index contributed by atoms with van der Waals surface area (Å²) in [5, 5.41) is 7.51. The third kappa shape index (κ3) is 2.71. The number of benzene rings is 1. The lowest BCUT2D eigenvalue weighted by molar-refractivity contribution is 0.202. The summed E-state index contributed by atoms with van der Waals surface area (Å²) in [4.78, 5) is 2.50. The average Bonchev–Trinajstić information content (AvgIpc) is 2.46. The monoisotopic (exact) mass is 335 g/mol. The van der Waals surface area contributed by atoms with Gasteiger partial charge in [-0.1, -0.05) is 19.3 Å². The molecule has 1 saturated carbocycles. The van der Waals surface area contributed by atoms with Gasteiger partial charge in [-0.05, 0) is 58.8 Å². The number of nitrogens with two attached hydrogens (primary N) is 1. The largest absolute Gasteiger partial charge is 0.384 e. The van der Waals surface area contributed by atoms with Crippen molar-refractivity contribution in [2.24, 2.45) is 17.6 Å². The second kappa shape index (κ2) is 5.76. The van der Waals surface area contributed by atoms with E-state index in [2.05, 4.69) is 26.9 Å². The molecule has 0 amide bonds. The summed E-state index contributed by atoms with van der Waals surface area (Å²) in [6, 6.07) is 6.02. The summed E-state index contributed by atoms with van der Waals surface area (Å²) >= 11 is 3.65. The fourth-order valence-electron chi connectivity index (χ4n) is 3.75. The maximum atomic E-state index is 7.51. The normalized spacial score (nSPS) is 26.1. The zero-order valence-corrected chi connectivity index (χ0v) is 13.3. The second-order valence-electron chi connectivity index (χ2n) is 6.12. The molecule has 108 valence electrons. The van der Waals surface area contributed by atoms with Crippen LogP contribution in [-0.2, 0) is 0 Å². The molecule has 0 bridgehead atoms. The summed E-state index contributed by atoms with van der Waals surface area (Å²) < 4.78 is 1.06. The highest BCUT2D eigenvalue weighted by Gasteiger charge is 2.31. The van der Waals surface area contributed by atoms with Gasteiger partial charge in [-0.25, -0.2) is 0 Å². The van der Waals surface area contributed by atoms with E-state index in [1.807, 2.05) is 12.1 Å². The Hall–Kier alpha value is -1.03. The van der Waals surface area contributed by atoms with Crippen LogP contribution in [0.3, 0.4) is 0 Å². The maximum absolute atomic E-state index is 7.51. The highest BCUT2D eigenvalue weighted by atomic mass is 79.9. The molecule has 2 unspecified atom stereocenters. The molecule has 2 atom stereocenters. The summed E-state index contributed by atoms with van der Waals surface area (Å²) in [5.41, 5.74) is 7.58. The Labute approximate surface area is 129 Å². The van der Waals surface area contributed by atoms with Gasteiger partial charge in [-0.2, -0.15) is 0 Å². The topological polar surface area (TPSA) is 53.1 Å². The van der Waals surface area contributed by atoms with E-state index in [1.54, 1.807) is 0 Å². The first-order chi connectivity index (χ1) is 9.65. The molecule has 20 heavy (non-hydrogen) atoms. The predicted molar refractivity (Wildman–Crippen MR) is 87.4 cm³/mol. The van der Waals surface area contributed by atoms with Crippen molar-refractivity contribution in [3.8, 4) is 0 Å². The fraction of sp³-hybridized carbons (Fsp3) is 0.562. The number of halogens is 1. The second-order valence-corrected chi connectivity index (χ2v) is 6.97. The third-order valence-corrected chi connectivity index (χ3v) is 5.53. The molecule has 1 saturated heterocycles. The van der Waals surface area contributed by atoms with Crippen LogP contribution in [0.2, 0.25) is 0 Å². The Kier molecular flexibility index (Phi) is 4.01. The zero-order valence-electron chi connectivity index (χ0n) is 11.7. The molecule has 3 nitrogen and oxygen atoms in total. The minimum atomic E-state index is 0.128. The zero-order chi connectivity index (χ0) is 14.1. The number of nitrogens with zero attached hydrogens (tertiary/aromatic N) is 1. The van der Waals surface area contributed by atoms with Crippen molar-refractivity contribution < 1.29 is 0 Å². The Bertz CT molecular complexity index is 514. The molecule has 0 radical (unpaired) electrons. The number of amidine groups is 1. The standard InChI is InChI=1S/C16H22BrN3/c17-14-9-12(16(18)19)5-6-15(14)20-8-7-11-3-1-2-4-13(11)10-20/h5-6,9,11,13H,1-4,7-8,10H2,(H3,18,19). The quantitative estimate of drug-likeness (QED) is 0.638. The van der Waals surface area contributed by atoms with E-state index >= 15 is 0 Å². The number of nitrogen functional groups attached to an aromatic ring is 1. The number of hydrogen-bond donors (Lipinski definition) is 2. The first kappa shape index (κ1) is 13.9. The number of nitrogens with one attached hydrogen (secondary N) is 1. The molecular weight excluding hydrogens is 314 g/mol. The average molecular weight is 336 g/mol. The summed E-state index contributed by atoms with van der Waals surface area (Å²) in [7, 11) is 0. The smallest absolute Gasteiger partial charge is 0.122 e. The molecule has 2 aliphatic rings. The van der Waals surface area contributed by atoms with E-state index in [0.717, 1.165) is 28.4 Å². The molecular formula is C16H22BrN3. The summed E-state index contributed by atoms with van der Waals surface area (Å²) in [6.45, 7) is 2.34. The first-order valence-electron chi connectivity index (χ1n) is 7.54. The van der Waals surface area contributed by atoms with E-state index in [4.69, 9.17) is 11.1 Å². The Morgan fingerprint density at radius 3 is 2.65 bits per heavy atom. The SMILES string of the molecule is N=C(N)c1ccc(N2CCC3CCCCC3C2)c(Br)c1. The van der Waals surface area contributed by atoms with Crippen LogP contribution >= 0.6 is 15.9 Å². The predicted octanol–water partition coefficient (Wildman–Crippen LogP) is 3.75. The van der Waals surface area contributed by atoms with Crippen molar-refractivity contribution in [3.05, 3.63) is 28.2 Å². The van der Waals surface area contributed by atoms with Gasteiger partial charge in [-0.3, -0.25) is 5.41 Å². The van der Waals surface area contributed by atoms with E-state index < -0.39 is 0 Å². The summed E-state index contributed by atoms with van der Waals surface area (Å²) in [5.74, 6) is 1.95. The van der Waals surface area contributed by atoms with Crippen molar-refractivity contribution in [1.82, 2.24) is 0 Å². The van der Waals surface area contributed by atoms with Gasteiger partial charge >= 0.3 is 0 Å². The van der Waals surface area contributed by atoms with Crippen molar-refractivity contribution in [2.75, 3.05) is 18.0 Å². The molecule has 1 aromatic carbocycles. The van der Waals surface area contributed by atoms with Gasteiger partial charge in [-0.15, -0.1) is 0 Å². The van der Waals surface area contributed by atoms with Crippen molar-refractivity contribution in [2.45, 2.75) is 32.1 Å². The minimum Gasteiger partial charge on any atom is -0.384 e. The molecule has 2 fully saturated rings. The molecule has 3 rings (SSSR count). The van der Waals surface area contributed by atoms with Crippen LogP contribution in [0.15, 0.2) is 22.7 Å². The van der Waals surface area contributed by atoms with Gasteiger partial charge in [0.05, 0.1) is 5.69 Å². The van der Waals surface area contributed by atoms with Crippen LogP contribution in [-0.4, -0.2) is 18.9 Å². The Morgan fingerprint density at radius 1 is 1.20 bits per heavy atom. The summed E-state index contributed by atoms with van der Waals surface area (Å²) in [6.07, 6.45) is 6.98. The van der Waals surface area contributed by atoms with E-state index in [0.29, 0.717) is 0 Å². The van der Waals surface area contributed by atoms with E-state index in [-0.39, 0.29) is 5.84 Å². The molecule has 1 aliphatic carbocycles.